The van der Waals surface area contributed by atoms with Crippen LogP contribution in [0.3, 0.4) is 0 Å². The Balaban J connectivity index is 2.13. The zero-order valence-corrected chi connectivity index (χ0v) is 15.6. The highest BCUT2D eigenvalue weighted by Crippen LogP contribution is 2.28. The van der Waals surface area contributed by atoms with E-state index in [0.717, 1.165) is 5.56 Å². The van der Waals surface area contributed by atoms with Crippen molar-refractivity contribution in [1.29, 1.82) is 5.26 Å². The van der Waals surface area contributed by atoms with Crippen molar-refractivity contribution in [2.75, 3.05) is 23.5 Å². The van der Waals surface area contributed by atoms with Crippen LogP contribution < -0.4 is 5.73 Å². The number of aryl methyl sites for hydroxylation is 1. The lowest BCUT2D eigenvalue weighted by atomic mass is 10.2. The number of hydrogen-bond donors (Lipinski definition) is 1. The average molecular weight is 381 g/mol. The van der Waals surface area contributed by atoms with Crippen LogP contribution in [0.2, 0.25) is 0 Å². The zero-order valence-electron chi connectivity index (χ0n) is 13.2. The fourth-order valence-electron chi connectivity index (χ4n) is 1.90. The van der Waals surface area contributed by atoms with Gasteiger partial charge in [0.15, 0.2) is 9.84 Å². The van der Waals surface area contributed by atoms with E-state index in [4.69, 9.17) is 5.73 Å². The summed E-state index contributed by atoms with van der Waals surface area (Å²) >= 11 is 2.49. The van der Waals surface area contributed by atoms with Crippen LogP contribution in [-0.2, 0) is 9.84 Å². The standard InChI is InChI=1S/C15H16N4O2S3/c1-10-3-5-11(6-4-10)24(20,21)8-7-23-14-12(9-16)13(22-2)18-15(17)19-14/h3-6H,7-8H2,1-2H3,(H2,17,18,19). The molecule has 0 saturated carbocycles. The Bertz CT molecular complexity index is 875. The molecule has 2 aromatic rings. The van der Waals surface area contributed by atoms with Crippen molar-refractivity contribution in [1.82, 2.24) is 9.97 Å². The maximum atomic E-state index is 12.3. The van der Waals surface area contributed by atoms with E-state index in [-0.39, 0.29) is 17.5 Å². The molecule has 126 valence electrons. The SMILES string of the molecule is CSc1nc(N)nc(SCCS(=O)(=O)c2ccc(C)cc2)c1C#N. The number of nitrogens with zero attached hydrogens (tertiary/aromatic N) is 3. The molecule has 0 atom stereocenters. The maximum absolute atomic E-state index is 12.3. The summed E-state index contributed by atoms with van der Waals surface area (Å²) in [5.74, 6) is 0.293. The highest BCUT2D eigenvalue weighted by molar-refractivity contribution is 8.01. The van der Waals surface area contributed by atoms with E-state index in [1.165, 1.54) is 23.5 Å². The van der Waals surface area contributed by atoms with Crippen molar-refractivity contribution in [3.05, 3.63) is 35.4 Å². The predicted molar refractivity (Wildman–Crippen MR) is 96.9 cm³/mol. The molecule has 0 bridgehead atoms. The van der Waals surface area contributed by atoms with Gasteiger partial charge in [0.1, 0.15) is 21.7 Å². The highest BCUT2D eigenvalue weighted by atomic mass is 32.2. The zero-order chi connectivity index (χ0) is 17.7. The number of aromatic nitrogens is 2. The van der Waals surface area contributed by atoms with E-state index < -0.39 is 9.84 Å². The number of rotatable bonds is 6. The van der Waals surface area contributed by atoms with Crippen LogP contribution >= 0.6 is 23.5 Å². The van der Waals surface area contributed by atoms with Crippen LogP contribution in [0.15, 0.2) is 39.2 Å². The van der Waals surface area contributed by atoms with Gasteiger partial charge in [-0.05, 0) is 25.3 Å². The van der Waals surface area contributed by atoms with Gasteiger partial charge in [-0.3, -0.25) is 0 Å². The minimum absolute atomic E-state index is 0.0515. The summed E-state index contributed by atoms with van der Waals surface area (Å²) in [6.45, 7) is 1.90. The molecule has 0 saturated heterocycles. The molecule has 0 unspecified atom stereocenters. The molecule has 0 aliphatic carbocycles. The van der Waals surface area contributed by atoms with Gasteiger partial charge in [-0.2, -0.15) is 5.26 Å². The van der Waals surface area contributed by atoms with Gasteiger partial charge in [0.05, 0.1) is 10.6 Å². The molecule has 2 N–H and O–H groups in total. The number of anilines is 1. The molecule has 9 heteroatoms. The summed E-state index contributed by atoms with van der Waals surface area (Å²) in [6.07, 6.45) is 1.79. The summed E-state index contributed by atoms with van der Waals surface area (Å²) in [7, 11) is -3.38. The molecule has 1 heterocycles. The molecule has 0 amide bonds. The number of thioether (sulfide) groups is 2. The Morgan fingerprint density at radius 2 is 1.83 bits per heavy atom. The van der Waals surface area contributed by atoms with Gasteiger partial charge in [0.25, 0.3) is 0 Å². The molecule has 1 aromatic carbocycles. The molecule has 0 aliphatic rings. The first kappa shape index (κ1) is 18.6. The van der Waals surface area contributed by atoms with Crippen LogP contribution in [0.1, 0.15) is 11.1 Å². The van der Waals surface area contributed by atoms with Crippen molar-refractivity contribution >= 4 is 39.3 Å². The minimum atomic E-state index is -3.38. The second kappa shape index (κ2) is 7.88. The maximum Gasteiger partial charge on any atom is 0.222 e. The first-order chi connectivity index (χ1) is 11.4. The van der Waals surface area contributed by atoms with E-state index in [9.17, 15) is 13.7 Å². The van der Waals surface area contributed by atoms with Gasteiger partial charge >= 0.3 is 0 Å². The van der Waals surface area contributed by atoms with Gasteiger partial charge in [-0.15, -0.1) is 23.5 Å². The molecule has 0 fully saturated rings. The van der Waals surface area contributed by atoms with E-state index in [1.54, 1.807) is 30.5 Å². The van der Waals surface area contributed by atoms with Gasteiger partial charge in [-0.1, -0.05) is 17.7 Å². The number of nitrogen functional groups attached to an aromatic ring is 1. The van der Waals surface area contributed by atoms with E-state index in [0.29, 0.717) is 20.5 Å². The molecule has 0 radical (unpaired) electrons. The van der Waals surface area contributed by atoms with Crippen molar-refractivity contribution in [3.8, 4) is 6.07 Å². The minimum Gasteiger partial charge on any atom is -0.368 e. The summed E-state index contributed by atoms with van der Waals surface area (Å²) in [6, 6.07) is 8.79. The number of nitriles is 1. The Labute approximate surface area is 149 Å². The molecule has 24 heavy (non-hydrogen) atoms. The molecule has 6 nitrogen and oxygen atoms in total. The average Bonchev–Trinajstić information content (AvgIpc) is 2.54. The van der Waals surface area contributed by atoms with Gasteiger partial charge < -0.3 is 5.73 Å². The monoisotopic (exact) mass is 380 g/mol. The van der Waals surface area contributed by atoms with Gasteiger partial charge in [0.2, 0.25) is 5.95 Å². The number of benzene rings is 1. The molecular formula is C15H16N4O2S3. The second-order valence-electron chi connectivity index (χ2n) is 4.86. The highest BCUT2D eigenvalue weighted by Gasteiger charge is 2.17. The molecule has 1 aromatic heterocycles. The number of sulfone groups is 1. The number of nitrogens with two attached hydrogens (primary N) is 1. The first-order valence-electron chi connectivity index (χ1n) is 6.91. The fourth-order valence-corrected chi connectivity index (χ4v) is 5.13. The van der Waals surface area contributed by atoms with Crippen LogP contribution in [0.4, 0.5) is 5.95 Å². The van der Waals surface area contributed by atoms with E-state index in [1.807, 2.05) is 6.92 Å². The molecule has 0 aliphatic heterocycles. The largest absolute Gasteiger partial charge is 0.368 e. The summed E-state index contributed by atoms with van der Waals surface area (Å²) in [5, 5.41) is 10.2. The summed E-state index contributed by atoms with van der Waals surface area (Å²) in [4.78, 5) is 8.36. The van der Waals surface area contributed by atoms with Crippen molar-refractivity contribution in [2.24, 2.45) is 0 Å². The van der Waals surface area contributed by atoms with E-state index >= 15 is 0 Å². The topological polar surface area (TPSA) is 110 Å². The van der Waals surface area contributed by atoms with Crippen LogP contribution in [0.5, 0.6) is 0 Å². The Kier molecular flexibility index (Phi) is 6.10. The summed E-state index contributed by atoms with van der Waals surface area (Å²) in [5.41, 5.74) is 6.98. The molecular weight excluding hydrogens is 364 g/mol. The first-order valence-corrected chi connectivity index (χ1v) is 10.8. The van der Waals surface area contributed by atoms with Crippen LogP contribution in [0, 0.1) is 18.3 Å². The van der Waals surface area contributed by atoms with Crippen LogP contribution in [0.25, 0.3) is 0 Å². The third-order valence-electron chi connectivity index (χ3n) is 3.14. The lowest BCUT2D eigenvalue weighted by Crippen LogP contribution is -2.09. The fraction of sp³-hybridized carbons (Fsp3) is 0.267. The van der Waals surface area contributed by atoms with Crippen molar-refractivity contribution in [2.45, 2.75) is 21.9 Å². The van der Waals surface area contributed by atoms with Gasteiger partial charge in [0, 0.05) is 5.75 Å². The lowest BCUT2D eigenvalue weighted by Gasteiger charge is -2.08. The van der Waals surface area contributed by atoms with Crippen LogP contribution in [-0.4, -0.2) is 36.1 Å². The Morgan fingerprint density at radius 1 is 1.21 bits per heavy atom. The Morgan fingerprint density at radius 3 is 2.42 bits per heavy atom. The smallest absolute Gasteiger partial charge is 0.222 e. The lowest BCUT2D eigenvalue weighted by molar-refractivity contribution is 0.597. The summed E-state index contributed by atoms with van der Waals surface area (Å²) < 4.78 is 24.7. The van der Waals surface area contributed by atoms with Crippen molar-refractivity contribution in [3.63, 3.8) is 0 Å². The third kappa shape index (κ3) is 4.41. The van der Waals surface area contributed by atoms with Crippen molar-refractivity contribution < 1.29 is 8.42 Å². The normalized spacial score (nSPS) is 11.2. The second-order valence-corrected chi connectivity index (χ2v) is 8.85. The van der Waals surface area contributed by atoms with Gasteiger partial charge in [-0.25, -0.2) is 18.4 Å². The van der Waals surface area contributed by atoms with E-state index in [2.05, 4.69) is 16.0 Å². The quantitative estimate of drug-likeness (QED) is 0.601. The molecule has 0 spiro atoms. The Hall–Kier alpha value is -1.76. The number of hydrogen-bond acceptors (Lipinski definition) is 8. The predicted octanol–water partition coefficient (Wildman–Crippen LogP) is 2.53. The third-order valence-corrected chi connectivity index (χ3v) is 6.79. The molecule has 2 rings (SSSR count).